The van der Waals surface area contributed by atoms with Crippen LogP contribution in [0.2, 0.25) is 0 Å². The van der Waals surface area contributed by atoms with Crippen LogP contribution >= 0.6 is 11.8 Å². The van der Waals surface area contributed by atoms with Gasteiger partial charge < -0.3 is 5.32 Å². The van der Waals surface area contributed by atoms with Crippen LogP contribution in [0.4, 0.5) is 0 Å². The van der Waals surface area contributed by atoms with E-state index in [1.807, 2.05) is 0 Å². The van der Waals surface area contributed by atoms with Gasteiger partial charge in [-0.1, -0.05) is 26.2 Å². The highest BCUT2D eigenvalue weighted by Crippen LogP contribution is 2.27. The van der Waals surface area contributed by atoms with Gasteiger partial charge in [-0.05, 0) is 25.6 Å². The molecule has 0 aliphatic heterocycles. The van der Waals surface area contributed by atoms with Crippen molar-refractivity contribution in [3.05, 3.63) is 0 Å². The van der Waals surface area contributed by atoms with Crippen LogP contribution in [0.25, 0.3) is 0 Å². The molecule has 1 rings (SSSR count). The van der Waals surface area contributed by atoms with E-state index in [0.29, 0.717) is 0 Å². The van der Waals surface area contributed by atoms with Crippen molar-refractivity contribution in [3.8, 4) is 0 Å². The zero-order chi connectivity index (χ0) is 8.81. The molecule has 72 valence electrons. The molecule has 2 atom stereocenters. The number of rotatable bonds is 3. The second-order valence-corrected chi connectivity index (χ2v) is 5.04. The van der Waals surface area contributed by atoms with Crippen LogP contribution in [-0.4, -0.2) is 24.1 Å². The Balaban J connectivity index is 2.39. The van der Waals surface area contributed by atoms with Gasteiger partial charge in [0.05, 0.1) is 0 Å². The summed E-state index contributed by atoms with van der Waals surface area (Å²) < 4.78 is 0. The highest BCUT2D eigenvalue weighted by molar-refractivity contribution is 7.99. The lowest BCUT2D eigenvalue weighted by molar-refractivity contribution is 0.510. The average Bonchev–Trinajstić information content (AvgIpc) is 2.30. The fourth-order valence-electron chi connectivity index (χ4n) is 2.02. The van der Waals surface area contributed by atoms with E-state index in [1.54, 1.807) is 0 Å². The number of hydrogen-bond donors (Lipinski definition) is 1. The fourth-order valence-corrected chi connectivity index (χ4v) is 3.28. The third-order valence-corrected chi connectivity index (χ3v) is 4.03. The summed E-state index contributed by atoms with van der Waals surface area (Å²) in [5, 5.41) is 4.34. The number of thioether (sulfide) groups is 1. The zero-order valence-corrected chi connectivity index (χ0v) is 9.12. The lowest BCUT2D eigenvalue weighted by Gasteiger charge is -2.23. The van der Waals surface area contributed by atoms with Gasteiger partial charge in [-0.25, -0.2) is 0 Å². The first-order valence-corrected chi connectivity index (χ1v) is 6.22. The van der Waals surface area contributed by atoms with E-state index in [2.05, 4.69) is 31.1 Å². The van der Waals surface area contributed by atoms with Crippen molar-refractivity contribution in [1.29, 1.82) is 0 Å². The molecule has 0 aromatic rings. The average molecular weight is 187 g/mol. The Morgan fingerprint density at radius 1 is 1.25 bits per heavy atom. The highest BCUT2D eigenvalue weighted by atomic mass is 32.2. The Kier molecular flexibility index (Phi) is 5.08. The molecule has 2 unspecified atom stereocenters. The summed E-state index contributed by atoms with van der Waals surface area (Å²) in [6, 6.07) is 0.775. The molecule has 0 amide bonds. The Morgan fingerprint density at radius 2 is 2.00 bits per heavy atom. The van der Waals surface area contributed by atoms with E-state index in [0.717, 1.165) is 11.3 Å². The molecule has 1 nitrogen and oxygen atoms in total. The molecule has 0 saturated heterocycles. The molecule has 1 aliphatic rings. The third kappa shape index (κ3) is 2.98. The van der Waals surface area contributed by atoms with Crippen molar-refractivity contribution in [2.24, 2.45) is 0 Å². The zero-order valence-electron chi connectivity index (χ0n) is 8.31. The number of hydrogen-bond acceptors (Lipinski definition) is 2. The number of nitrogens with one attached hydrogen (secondary N) is 1. The van der Waals surface area contributed by atoms with Gasteiger partial charge >= 0.3 is 0 Å². The van der Waals surface area contributed by atoms with Crippen molar-refractivity contribution in [2.45, 2.75) is 50.3 Å². The minimum atomic E-state index is 0.775. The summed E-state index contributed by atoms with van der Waals surface area (Å²) in [5.41, 5.74) is 0. The van der Waals surface area contributed by atoms with Crippen LogP contribution in [0.15, 0.2) is 0 Å². The van der Waals surface area contributed by atoms with E-state index in [1.165, 1.54) is 37.9 Å². The lowest BCUT2D eigenvalue weighted by Crippen LogP contribution is -2.34. The molecule has 1 N–H and O–H groups in total. The molecular weight excluding hydrogens is 166 g/mol. The molecule has 2 heteroatoms. The van der Waals surface area contributed by atoms with Gasteiger partial charge in [-0.2, -0.15) is 11.8 Å². The van der Waals surface area contributed by atoms with Crippen molar-refractivity contribution in [1.82, 2.24) is 5.32 Å². The van der Waals surface area contributed by atoms with E-state index >= 15 is 0 Å². The largest absolute Gasteiger partial charge is 0.316 e. The van der Waals surface area contributed by atoms with E-state index in [4.69, 9.17) is 0 Å². The molecule has 0 aromatic heterocycles. The summed E-state index contributed by atoms with van der Waals surface area (Å²) in [6.45, 7) is 2.27. The smallest absolute Gasteiger partial charge is 0.0200 e. The SMILES string of the molecule is CCSC1CCCCCC1NC. The Bertz CT molecular complexity index is 116. The monoisotopic (exact) mass is 187 g/mol. The maximum absolute atomic E-state index is 3.46. The minimum Gasteiger partial charge on any atom is -0.316 e. The van der Waals surface area contributed by atoms with E-state index in [9.17, 15) is 0 Å². The summed E-state index contributed by atoms with van der Waals surface area (Å²) >= 11 is 2.14. The maximum atomic E-state index is 3.46. The molecule has 0 radical (unpaired) electrons. The second kappa shape index (κ2) is 5.87. The normalized spacial score (nSPS) is 31.5. The van der Waals surface area contributed by atoms with Gasteiger partial charge in [0.2, 0.25) is 0 Å². The summed E-state index contributed by atoms with van der Waals surface area (Å²) in [4.78, 5) is 0. The standard InChI is InChI=1S/C10H21NS/c1-3-12-10-8-6-4-5-7-9(10)11-2/h9-11H,3-8H2,1-2H3. The second-order valence-electron chi connectivity index (χ2n) is 3.53. The molecule has 0 aromatic carbocycles. The van der Waals surface area contributed by atoms with Crippen LogP contribution in [-0.2, 0) is 0 Å². The summed E-state index contributed by atoms with van der Waals surface area (Å²) in [5.74, 6) is 1.27. The summed E-state index contributed by atoms with van der Waals surface area (Å²) in [6.07, 6.45) is 7.11. The van der Waals surface area contributed by atoms with Gasteiger partial charge in [0.25, 0.3) is 0 Å². The van der Waals surface area contributed by atoms with Gasteiger partial charge in [0.1, 0.15) is 0 Å². The molecule has 1 saturated carbocycles. The molecular formula is C10H21NS. The van der Waals surface area contributed by atoms with Gasteiger partial charge in [-0.15, -0.1) is 0 Å². The first-order chi connectivity index (χ1) is 5.88. The lowest BCUT2D eigenvalue weighted by atomic mass is 10.1. The van der Waals surface area contributed by atoms with Crippen LogP contribution in [0, 0.1) is 0 Å². The van der Waals surface area contributed by atoms with Crippen LogP contribution in [0.5, 0.6) is 0 Å². The molecule has 0 heterocycles. The first-order valence-electron chi connectivity index (χ1n) is 5.17. The van der Waals surface area contributed by atoms with Crippen molar-refractivity contribution in [2.75, 3.05) is 12.8 Å². The Labute approximate surface area is 80.7 Å². The van der Waals surface area contributed by atoms with E-state index in [-0.39, 0.29) is 0 Å². The quantitative estimate of drug-likeness (QED) is 0.682. The van der Waals surface area contributed by atoms with E-state index < -0.39 is 0 Å². The first kappa shape index (κ1) is 10.4. The van der Waals surface area contributed by atoms with Crippen molar-refractivity contribution in [3.63, 3.8) is 0 Å². The summed E-state index contributed by atoms with van der Waals surface area (Å²) in [7, 11) is 2.11. The molecule has 0 spiro atoms. The molecule has 0 bridgehead atoms. The van der Waals surface area contributed by atoms with Gasteiger partial charge in [0, 0.05) is 11.3 Å². The maximum Gasteiger partial charge on any atom is 0.0200 e. The Morgan fingerprint density at radius 3 is 2.67 bits per heavy atom. The van der Waals surface area contributed by atoms with Crippen LogP contribution < -0.4 is 5.32 Å². The minimum absolute atomic E-state index is 0.775. The molecule has 1 aliphatic carbocycles. The van der Waals surface area contributed by atoms with Gasteiger partial charge in [0.15, 0.2) is 0 Å². The third-order valence-electron chi connectivity index (χ3n) is 2.70. The Hall–Kier alpha value is 0.310. The highest BCUT2D eigenvalue weighted by Gasteiger charge is 2.21. The predicted molar refractivity (Wildman–Crippen MR) is 57.9 cm³/mol. The van der Waals surface area contributed by atoms with Crippen molar-refractivity contribution >= 4 is 11.8 Å². The predicted octanol–water partition coefficient (Wildman–Crippen LogP) is 2.66. The fraction of sp³-hybridized carbons (Fsp3) is 1.00. The van der Waals surface area contributed by atoms with Crippen LogP contribution in [0.3, 0.4) is 0 Å². The molecule has 1 fully saturated rings. The van der Waals surface area contributed by atoms with Gasteiger partial charge in [-0.3, -0.25) is 0 Å². The molecule has 12 heavy (non-hydrogen) atoms. The topological polar surface area (TPSA) is 12.0 Å². The van der Waals surface area contributed by atoms with Crippen molar-refractivity contribution < 1.29 is 0 Å². The van der Waals surface area contributed by atoms with Crippen LogP contribution in [0.1, 0.15) is 39.0 Å².